The largest absolute Gasteiger partial charge is 0.491 e. The maximum absolute atomic E-state index is 12.1. The number of ether oxygens (including phenoxy) is 1. The molecule has 0 bridgehead atoms. The highest BCUT2D eigenvalue weighted by Gasteiger charge is 2.18. The third kappa shape index (κ3) is 5.73. The fourth-order valence-electron chi connectivity index (χ4n) is 2.29. The van der Waals surface area contributed by atoms with Gasteiger partial charge >= 0.3 is 0 Å². The number of hydrogen-bond acceptors (Lipinski definition) is 3. The lowest BCUT2D eigenvalue weighted by Crippen LogP contribution is -2.27. The molecule has 21 heavy (non-hydrogen) atoms. The summed E-state index contributed by atoms with van der Waals surface area (Å²) in [5.74, 6) is 0.664. The zero-order valence-electron chi connectivity index (χ0n) is 12.2. The first-order valence-electron chi connectivity index (χ1n) is 7.14. The van der Waals surface area contributed by atoms with Crippen molar-refractivity contribution in [1.82, 2.24) is 5.32 Å². The first-order valence-corrected chi connectivity index (χ1v) is 7.52. The van der Waals surface area contributed by atoms with Crippen molar-refractivity contribution < 1.29 is 9.53 Å². The molecule has 1 aliphatic rings. The van der Waals surface area contributed by atoms with Gasteiger partial charge in [-0.3, -0.25) is 4.79 Å². The van der Waals surface area contributed by atoms with Gasteiger partial charge in [-0.15, -0.1) is 12.4 Å². The quantitative estimate of drug-likeness (QED) is 0.836. The van der Waals surface area contributed by atoms with E-state index in [1.54, 1.807) is 18.2 Å². The Hall–Kier alpha value is -0.970. The van der Waals surface area contributed by atoms with Gasteiger partial charge in [0.15, 0.2) is 0 Å². The van der Waals surface area contributed by atoms with Crippen LogP contribution in [-0.2, 0) is 4.79 Å². The molecule has 0 spiro atoms. The van der Waals surface area contributed by atoms with E-state index in [0.29, 0.717) is 29.5 Å². The van der Waals surface area contributed by atoms with Gasteiger partial charge in [-0.1, -0.05) is 18.5 Å². The summed E-state index contributed by atoms with van der Waals surface area (Å²) < 4.78 is 5.62. The molecule has 1 fully saturated rings. The number of carbonyl (C=O) groups is 1. The van der Waals surface area contributed by atoms with Crippen LogP contribution in [0.4, 0.5) is 5.69 Å². The maximum Gasteiger partial charge on any atom is 0.226 e. The lowest BCUT2D eigenvalue weighted by Gasteiger charge is -2.14. The Morgan fingerprint density at radius 3 is 3.00 bits per heavy atom. The van der Waals surface area contributed by atoms with Gasteiger partial charge in [-0.2, -0.15) is 0 Å². The summed E-state index contributed by atoms with van der Waals surface area (Å²) >= 11 is 5.99. The van der Waals surface area contributed by atoms with E-state index in [0.717, 1.165) is 25.8 Å². The first kappa shape index (κ1) is 18.1. The van der Waals surface area contributed by atoms with Crippen molar-refractivity contribution in [3.8, 4) is 5.75 Å². The minimum absolute atomic E-state index is 0. The van der Waals surface area contributed by atoms with E-state index >= 15 is 0 Å². The van der Waals surface area contributed by atoms with Crippen molar-refractivity contribution in [1.29, 1.82) is 0 Å². The number of rotatable bonds is 6. The average molecular weight is 333 g/mol. The third-order valence-electron chi connectivity index (χ3n) is 3.27. The van der Waals surface area contributed by atoms with Gasteiger partial charge in [0.25, 0.3) is 0 Å². The van der Waals surface area contributed by atoms with Gasteiger partial charge in [0.2, 0.25) is 5.91 Å². The van der Waals surface area contributed by atoms with Crippen LogP contribution in [0.2, 0.25) is 5.02 Å². The molecule has 1 unspecified atom stereocenters. The van der Waals surface area contributed by atoms with Crippen LogP contribution >= 0.6 is 24.0 Å². The molecular weight excluding hydrogens is 311 g/mol. The van der Waals surface area contributed by atoms with Crippen LogP contribution in [0.25, 0.3) is 0 Å². The molecule has 1 heterocycles. The second-order valence-electron chi connectivity index (χ2n) is 5.03. The summed E-state index contributed by atoms with van der Waals surface area (Å²) in [5.41, 5.74) is 0.647. The molecule has 1 saturated heterocycles. The van der Waals surface area contributed by atoms with Gasteiger partial charge in [0, 0.05) is 17.5 Å². The van der Waals surface area contributed by atoms with Gasteiger partial charge in [0.1, 0.15) is 5.75 Å². The number of anilines is 1. The van der Waals surface area contributed by atoms with Gasteiger partial charge in [-0.25, -0.2) is 0 Å². The molecule has 1 atom stereocenters. The minimum atomic E-state index is -0.00647. The molecule has 0 radical (unpaired) electrons. The van der Waals surface area contributed by atoms with Crippen molar-refractivity contribution in [3.05, 3.63) is 23.2 Å². The summed E-state index contributed by atoms with van der Waals surface area (Å²) in [5, 5.41) is 6.80. The Morgan fingerprint density at radius 1 is 1.52 bits per heavy atom. The molecule has 0 aliphatic carbocycles. The number of benzene rings is 1. The predicted molar refractivity (Wildman–Crippen MR) is 88.8 cm³/mol. The van der Waals surface area contributed by atoms with Gasteiger partial charge < -0.3 is 15.4 Å². The van der Waals surface area contributed by atoms with Crippen molar-refractivity contribution in [3.63, 3.8) is 0 Å². The van der Waals surface area contributed by atoms with Crippen LogP contribution in [0.15, 0.2) is 18.2 Å². The Labute approximate surface area is 137 Å². The first-order chi connectivity index (χ1) is 9.69. The normalized spacial score (nSPS) is 17.1. The fraction of sp³-hybridized carbons (Fsp3) is 0.533. The minimum Gasteiger partial charge on any atom is -0.491 e. The smallest absolute Gasteiger partial charge is 0.226 e. The highest BCUT2D eigenvalue weighted by Crippen LogP contribution is 2.28. The van der Waals surface area contributed by atoms with Crippen LogP contribution in [0.3, 0.4) is 0 Å². The Kier molecular flexibility index (Phi) is 7.86. The second-order valence-corrected chi connectivity index (χ2v) is 5.47. The van der Waals surface area contributed by atoms with Gasteiger partial charge in [-0.05, 0) is 44.0 Å². The zero-order valence-corrected chi connectivity index (χ0v) is 13.7. The van der Waals surface area contributed by atoms with Crippen molar-refractivity contribution >= 4 is 35.6 Å². The highest BCUT2D eigenvalue weighted by molar-refractivity contribution is 6.31. The Bertz CT molecular complexity index is 463. The van der Waals surface area contributed by atoms with Crippen LogP contribution in [-0.4, -0.2) is 25.1 Å². The van der Waals surface area contributed by atoms with Crippen LogP contribution < -0.4 is 15.4 Å². The molecule has 2 rings (SSSR count). The molecule has 4 nitrogen and oxygen atoms in total. The molecule has 1 aliphatic heterocycles. The third-order valence-corrected chi connectivity index (χ3v) is 3.51. The number of carbonyl (C=O) groups excluding carboxylic acids is 1. The van der Waals surface area contributed by atoms with Crippen molar-refractivity contribution in [2.75, 3.05) is 18.5 Å². The van der Waals surface area contributed by atoms with Crippen LogP contribution in [0.1, 0.15) is 32.6 Å². The van der Waals surface area contributed by atoms with E-state index in [1.165, 1.54) is 0 Å². The van der Waals surface area contributed by atoms with Crippen LogP contribution in [0, 0.1) is 0 Å². The summed E-state index contributed by atoms with van der Waals surface area (Å²) in [4.78, 5) is 12.1. The molecular formula is C15H22Cl2N2O2. The lowest BCUT2D eigenvalue weighted by molar-refractivity contribution is -0.116. The maximum atomic E-state index is 12.1. The monoisotopic (exact) mass is 332 g/mol. The van der Waals surface area contributed by atoms with E-state index in [4.69, 9.17) is 16.3 Å². The SMILES string of the molecule is CCCOc1ccc(Cl)cc1NC(=O)CC1CCCN1.Cl. The molecule has 6 heteroatoms. The highest BCUT2D eigenvalue weighted by atomic mass is 35.5. The van der Waals surface area contributed by atoms with E-state index in [2.05, 4.69) is 10.6 Å². The van der Waals surface area contributed by atoms with Crippen molar-refractivity contribution in [2.45, 2.75) is 38.6 Å². The average Bonchev–Trinajstić information content (AvgIpc) is 2.90. The molecule has 1 amide bonds. The summed E-state index contributed by atoms with van der Waals surface area (Å²) in [7, 11) is 0. The Morgan fingerprint density at radius 2 is 2.33 bits per heavy atom. The second kappa shape index (κ2) is 9.13. The molecule has 1 aromatic carbocycles. The fourth-order valence-corrected chi connectivity index (χ4v) is 2.47. The topological polar surface area (TPSA) is 50.4 Å². The summed E-state index contributed by atoms with van der Waals surface area (Å²) in [6.45, 7) is 3.66. The van der Waals surface area contributed by atoms with Crippen LogP contribution in [0.5, 0.6) is 5.75 Å². The van der Waals surface area contributed by atoms with E-state index in [1.807, 2.05) is 6.92 Å². The number of nitrogens with one attached hydrogen (secondary N) is 2. The zero-order chi connectivity index (χ0) is 14.4. The Balaban J connectivity index is 0.00000220. The number of halogens is 2. The number of hydrogen-bond donors (Lipinski definition) is 2. The van der Waals surface area contributed by atoms with Gasteiger partial charge in [0.05, 0.1) is 12.3 Å². The molecule has 0 aromatic heterocycles. The molecule has 1 aromatic rings. The summed E-state index contributed by atoms with van der Waals surface area (Å²) in [6.07, 6.45) is 3.60. The van der Waals surface area contributed by atoms with Crippen molar-refractivity contribution in [2.24, 2.45) is 0 Å². The predicted octanol–water partition coefficient (Wildman–Crippen LogP) is 3.63. The van der Waals surface area contributed by atoms with E-state index in [-0.39, 0.29) is 24.4 Å². The molecule has 2 N–H and O–H groups in total. The number of amides is 1. The lowest BCUT2D eigenvalue weighted by atomic mass is 10.1. The van der Waals surface area contributed by atoms with E-state index in [9.17, 15) is 4.79 Å². The molecule has 118 valence electrons. The van der Waals surface area contributed by atoms with E-state index < -0.39 is 0 Å². The summed E-state index contributed by atoms with van der Waals surface area (Å²) in [6, 6.07) is 5.57. The standard InChI is InChI=1S/C15H21ClN2O2.ClH/c1-2-8-20-14-6-5-11(16)9-13(14)18-15(19)10-12-4-3-7-17-12;/h5-6,9,12,17H,2-4,7-8,10H2,1H3,(H,18,19);1H. The molecule has 0 saturated carbocycles.